The van der Waals surface area contributed by atoms with E-state index in [1.807, 2.05) is 0 Å². The third kappa shape index (κ3) is 5.20. The van der Waals surface area contributed by atoms with Crippen molar-refractivity contribution in [3.63, 3.8) is 0 Å². The Morgan fingerprint density at radius 3 is 2.67 bits per heavy atom. The summed E-state index contributed by atoms with van der Waals surface area (Å²) in [7, 11) is 0. The summed E-state index contributed by atoms with van der Waals surface area (Å²) in [6.07, 6.45) is 16.6. The maximum Gasteiger partial charge on any atom is 0.0213 e. The molecule has 0 aromatic carbocycles. The summed E-state index contributed by atoms with van der Waals surface area (Å²) < 4.78 is 0. The second-order valence-electron chi connectivity index (χ2n) is 4.70. The first-order valence-corrected chi connectivity index (χ1v) is 6.26. The van der Waals surface area contributed by atoms with Crippen LogP contribution in [-0.4, -0.2) is 6.04 Å². The van der Waals surface area contributed by atoms with E-state index in [1.54, 1.807) is 0 Å². The molecule has 2 nitrogen and oxygen atoms in total. The molecular formula is C13H24N2. The number of hydrazine groups is 1. The number of rotatable bonds is 6. The lowest BCUT2D eigenvalue weighted by molar-refractivity contribution is 0.290. The van der Waals surface area contributed by atoms with Crippen molar-refractivity contribution in [3.05, 3.63) is 0 Å². The van der Waals surface area contributed by atoms with Gasteiger partial charge in [-0.3, -0.25) is 11.3 Å². The normalized spacial score (nSPS) is 19.7. The zero-order valence-corrected chi connectivity index (χ0v) is 9.67. The van der Waals surface area contributed by atoms with Crippen LogP contribution in [0.1, 0.15) is 57.8 Å². The van der Waals surface area contributed by atoms with E-state index in [1.165, 1.54) is 38.5 Å². The molecule has 0 radical (unpaired) electrons. The van der Waals surface area contributed by atoms with Gasteiger partial charge in [0, 0.05) is 12.5 Å². The molecule has 0 bridgehead atoms. The van der Waals surface area contributed by atoms with Gasteiger partial charge in [-0.1, -0.05) is 32.1 Å². The number of unbranched alkanes of at least 4 members (excludes halogenated alkanes) is 1. The van der Waals surface area contributed by atoms with Gasteiger partial charge in [0.15, 0.2) is 0 Å². The van der Waals surface area contributed by atoms with E-state index in [0.717, 1.165) is 25.2 Å². The Balaban J connectivity index is 2.17. The summed E-state index contributed by atoms with van der Waals surface area (Å²) in [6.45, 7) is 0. The van der Waals surface area contributed by atoms with Crippen LogP contribution in [0.5, 0.6) is 0 Å². The number of hydrogen-bond acceptors (Lipinski definition) is 2. The topological polar surface area (TPSA) is 38.0 Å². The highest BCUT2D eigenvalue weighted by atomic mass is 15.2. The van der Waals surface area contributed by atoms with Gasteiger partial charge in [0.1, 0.15) is 0 Å². The molecule has 0 saturated heterocycles. The molecule has 1 rings (SSSR count). The van der Waals surface area contributed by atoms with E-state index in [2.05, 4.69) is 11.3 Å². The van der Waals surface area contributed by atoms with Crippen LogP contribution in [0.3, 0.4) is 0 Å². The van der Waals surface area contributed by atoms with E-state index in [9.17, 15) is 0 Å². The van der Waals surface area contributed by atoms with Gasteiger partial charge in [0.05, 0.1) is 0 Å². The molecule has 1 atom stereocenters. The fourth-order valence-corrected chi connectivity index (χ4v) is 2.54. The van der Waals surface area contributed by atoms with Crippen LogP contribution in [0.4, 0.5) is 0 Å². The van der Waals surface area contributed by atoms with Crippen LogP contribution in [0.15, 0.2) is 0 Å². The molecule has 1 unspecified atom stereocenters. The first-order valence-electron chi connectivity index (χ1n) is 6.26. The Hall–Kier alpha value is -0.520. The molecule has 2 heteroatoms. The molecule has 0 heterocycles. The van der Waals surface area contributed by atoms with Crippen molar-refractivity contribution >= 4 is 0 Å². The molecule has 0 amide bonds. The van der Waals surface area contributed by atoms with Gasteiger partial charge < -0.3 is 0 Å². The van der Waals surface area contributed by atoms with Gasteiger partial charge in [-0.15, -0.1) is 12.3 Å². The molecule has 86 valence electrons. The number of nitrogens with one attached hydrogen (secondary N) is 1. The predicted octanol–water partition coefficient (Wildman–Crippen LogP) is 2.59. The summed E-state index contributed by atoms with van der Waals surface area (Å²) in [5.74, 6) is 9.15. The quantitative estimate of drug-likeness (QED) is 0.305. The van der Waals surface area contributed by atoms with E-state index in [0.29, 0.717) is 6.04 Å². The maximum absolute atomic E-state index is 5.57. The summed E-state index contributed by atoms with van der Waals surface area (Å²) in [5.41, 5.74) is 2.94. The minimum absolute atomic E-state index is 0.474. The highest BCUT2D eigenvalue weighted by molar-refractivity contribution is 4.84. The second-order valence-corrected chi connectivity index (χ2v) is 4.70. The minimum Gasteiger partial charge on any atom is -0.271 e. The van der Waals surface area contributed by atoms with Crippen LogP contribution in [-0.2, 0) is 0 Å². The van der Waals surface area contributed by atoms with Gasteiger partial charge >= 0.3 is 0 Å². The molecule has 3 N–H and O–H groups in total. The van der Waals surface area contributed by atoms with E-state index >= 15 is 0 Å². The molecule has 0 aromatic rings. The monoisotopic (exact) mass is 208 g/mol. The third-order valence-electron chi connectivity index (χ3n) is 3.45. The molecule has 1 aliphatic carbocycles. The van der Waals surface area contributed by atoms with Gasteiger partial charge in [0.2, 0.25) is 0 Å². The Labute approximate surface area is 94.0 Å². The Morgan fingerprint density at radius 2 is 2.07 bits per heavy atom. The van der Waals surface area contributed by atoms with Crippen molar-refractivity contribution < 1.29 is 0 Å². The van der Waals surface area contributed by atoms with Crippen LogP contribution < -0.4 is 11.3 Å². The highest BCUT2D eigenvalue weighted by Gasteiger charge is 2.17. The van der Waals surface area contributed by atoms with Crippen LogP contribution in [0, 0.1) is 18.3 Å². The molecule has 1 fully saturated rings. The fourth-order valence-electron chi connectivity index (χ4n) is 2.54. The predicted molar refractivity (Wildman–Crippen MR) is 65.0 cm³/mol. The van der Waals surface area contributed by atoms with E-state index < -0.39 is 0 Å². The van der Waals surface area contributed by atoms with Gasteiger partial charge in [-0.05, 0) is 25.2 Å². The molecule has 15 heavy (non-hydrogen) atoms. The average molecular weight is 208 g/mol. The minimum atomic E-state index is 0.474. The number of hydrogen-bond donors (Lipinski definition) is 2. The van der Waals surface area contributed by atoms with E-state index in [-0.39, 0.29) is 0 Å². The zero-order chi connectivity index (χ0) is 10.9. The first-order chi connectivity index (χ1) is 7.36. The van der Waals surface area contributed by atoms with Crippen molar-refractivity contribution in [1.82, 2.24) is 5.43 Å². The maximum atomic E-state index is 5.57. The Morgan fingerprint density at radius 1 is 1.33 bits per heavy atom. The SMILES string of the molecule is C#CCCCC(CC1CCCCC1)NN. The lowest BCUT2D eigenvalue weighted by Crippen LogP contribution is -2.36. The molecule has 0 aliphatic heterocycles. The summed E-state index contributed by atoms with van der Waals surface area (Å²) in [6, 6.07) is 0.474. The molecule has 1 aliphatic rings. The van der Waals surface area contributed by atoms with Crippen molar-refractivity contribution in [3.8, 4) is 12.3 Å². The molecule has 1 saturated carbocycles. The molecule has 0 spiro atoms. The smallest absolute Gasteiger partial charge is 0.0213 e. The highest BCUT2D eigenvalue weighted by Crippen LogP contribution is 2.28. The zero-order valence-electron chi connectivity index (χ0n) is 9.67. The standard InChI is InChI=1S/C13H24N2/c1-2-3-5-10-13(15-14)11-12-8-6-4-7-9-12/h1,12-13,15H,3-11,14H2. The summed E-state index contributed by atoms with van der Waals surface area (Å²) >= 11 is 0. The summed E-state index contributed by atoms with van der Waals surface area (Å²) in [5, 5.41) is 0. The van der Waals surface area contributed by atoms with Crippen LogP contribution >= 0.6 is 0 Å². The van der Waals surface area contributed by atoms with Gasteiger partial charge in [-0.2, -0.15) is 0 Å². The molecule has 0 aromatic heterocycles. The van der Waals surface area contributed by atoms with Gasteiger partial charge in [0.25, 0.3) is 0 Å². The summed E-state index contributed by atoms with van der Waals surface area (Å²) in [4.78, 5) is 0. The van der Waals surface area contributed by atoms with Crippen LogP contribution in [0.2, 0.25) is 0 Å². The number of terminal acetylenes is 1. The average Bonchev–Trinajstić information content (AvgIpc) is 2.29. The Bertz CT molecular complexity index is 189. The van der Waals surface area contributed by atoms with Crippen molar-refractivity contribution in [2.24, 2.45) is 11.8 Å². The van der Waals surface area contributed by atoms with Crippen molar-refractivity contribution in [1.29, 1.82) is 0 Å². The third-order valence-corrected chi connectivity index (χ3v) is 3.45. The first kappa shape index (κ1) is 12.5. The Kier molecular flexibility index (Phi) is 6.47. The lowest BCUT2D eigenvalue weighted by atomic mass is 9.84. The fraction of sp³-hybridized carbons (Fsp3) is 0.846. The molecular weight excluding hydrogens is 184 g/mol. The second kappa shape index (κ2) is 7.73. The lowest BCUT2D eigenvalue weighted by Gasteiger charge is -2.26. The van der Waals surface area contributed by atoms with Crippen LogP contribution in [0.25, 0.3) is 0 Å². The van der Waals surface area contributed by atoms with Gasteiger partial charge in [-0.25, -0.2) is 0 Å². The van der Waals surface area contributed by atoms with Crippen molar-refractivity contribution in [2.45, 2.75) is 63.8 Å². The van der Waals surface area contributed by atoms with Crippen molar-refractivity contribution in [2.75, 3.05) is 0 Å². The number of nitrogens with two attached hydrogens (primary N) is 1. The largest absolute Gasteiger partial charge is 0.271 e. The van der Waals surface area contributed by atoms with E-state index in [4.69, 9.17) is 12.3 Å².